The van der Waals surface area contributed by atoms with Crippen molar-refractivity contribution in [3.63, 3.8) is 0 Å². The van der Waals surface area contributed by atoms with Crippen LogP contribution in [0.1, 0.15) is 18.1 Å². The molecule has 0 fully saturated rings. The van der Waals surface area contributed by atoms with Crippen molar-refractivity contribution in [3.8, 4) is 0 Å². The third-order valence-corrected chi connectivity index (χ3v) is 3.18. The molecule has 3 heteroatoms. The molecule has 0 radical (unpaired) electrons. The van der Waals surface area contributed by atoms with E-state index >= 15 is 0 Å². The third kappa shape index (κ3) is 4.25. The average molecular weight is 286 g/mol. The van der Waals surface area contributed by atoms with Crippen LogP contribution in [0.3, 0.4) is 0 Å². The average Bonchev–Trinajstić information content (AvgIpc) is 2.47. The summed E-state index contributed by atoms with van der Waals surface area (Å²) in [6, 6.07) is 15.2. The van der Waals surface area contributed by atoms with Gasteiger partial charge in [-0.1, -0.05) is 42.8 Å². The predicted octanol–water partition coefficient (Wildman–Crippen LogP) is 4.55. The molecule has 2 nitrogen and oxygen atoms in total. The van der Waals surface area contributed by atoms with Crippen molar-refractivity contribution in [2.24, 2.45) is 0 Å². The Kier molecular flexibility index (Phi) is 4.97. The lowest BCUT2D eigenvalue weighted by Gasteiger charge is -2.03. The molecule has 0 aliphatic rings. The Morgan fingerprint density at radius 3 is 2.35 bits per heavy atom. The number of rotatable bonds is 4. The number of amides is 1. The monoisotopic (exact) mass is 285 g/mol. The third-order valence-electron chi connectivity index (χ3n) is 2.93. The number of anilines is 1. The highest BCUT2D eigenvalue weighted by Crippen LogP contribution is 2.12. The number of benzene rings is 2. The van der Waals surface area contributed by atoms with Gasteiger partial charge in [-0.3, -0.25) is 4.79 Å². The molecule has 102 valence electrons. The number of carbonyl (C=O) groups excluding carboxylic acids is 1. The van der Waals surface area contributed by atoms with Gasteiger partial charge in [0.15, 0.2) is 0 Å². The van der Waals surface area contributed by atoms with Crippen molar-refractivity contribution >= 4 is 29.3 Å². The van der Waals surface area contributed by atoms with Gasteiger partial charge in [-0.05, 0) is 47.9 Å². The van der Waals surface area contributed by atoms with E-state index in [9.17, 15) is 4.79 Å². The molecule has 0 saturated heterocycles. The first-order valence-corrected chi connectivity index (χ1v) is 6.89. The Morgan fingerprint density at radius 1 is 1.10 bits per heavy atom. The van der Waals surface area contributed by atoms with Crippen LogP contribution in [0, 0.1) is 0 Å². The summed E-state index contributed by atoms with van der Waals surface area (Å²) < 4.78 is 0. The minimum absolute atomic E-state index is 0.149. The van der Waals surface area contributed by atoms with Crippen LogP contribution in [0.25, 0.3) is 6.08 Å². The van der Waals surface area contributed by atoms with Crippen molar-refractivity contribution in [3.05, 3.63) is 70.8 Å². The second-order valence-corrected chi connectivity index (χ2v) is 4.86. The Balaban J connectivity index is 1.96. The number of aryl methyl sites for hydroxylation is 1. The lowest BCUT2D eigenvalue weighted by Crippen LogP contribution is -2.07. The zero-order valence-electron chi connectivity index (χ0n) is 11.3. The fourth-order valence-electron chi connectivity index (χ4n) is 1.75. The second-order valence-electron chi connectivity index (χ2n) is 4.42. The molecule has 0 aliphatic heterocycles. The van der Waals surface area contributed by atoms with Gasteiger partial charge in [-0.25, -0.2) is 0 Å². The largest absolute Gasteiger partial charge is 0.323 e. The van der Waals surface area contributed by atoms with Crippen molar-refractivity contribution in [1.82, 2.24) is 0 Å². The molecular formula is C17H16ClNO. The van der Waals surface area contributed by atoms with E-state index in [-0.39, 0.29) is 5.91 Å². The van der Waals surface area contributed by atoms with Gasteiger partial charge in [0.25, 0.3) is 0 Å². The number of halogens is 1. The zero-order valence-corrected chi connectivity index (χ0v) is 12.0. The van der Waals surface area contributed by atoms with Crippen molar-refractivity contribution < 1.29 is 4.79 Å². The molecule has 0 saturated carbocycles. The smallest absolute Gasteiger partial charge is 0.248 e. The molecule has 0 atom stereocenters. The van der Waals surface area contributed by atoms with E-state index in [1.54, 1.807) is 18.2 Å². The maximum absolute atomic E-state index is 11.8. The first-order valence-electron chi connectivity index (χ1n) is 6.51. The molecule has 20 heavy (non-hydrogen) atoms. The number of hydrogen-bond acceptors (Lipinski definition) is 1. The highest BCUT2D eigenvalue weighted by molar-refractivity contribution is 6.30. The van der Waals surface area contributed by atoms with E-state index in [1.807, 2.05) is 36.4 Å². The van der Waals surface area contributed by atoms with E-state index in [1.165, 1.54) is 11.6 Å². The van der Waals surface area contributed by atoms with Gasteiger partial charge in [-0.15, -0.1) is 0 Å². The van der Waals surface area contributed by atoms with E-state index in [4.69, 9.17) is 11.6 Å². The van der Waals surface area contributed by atoms with Gasteiger partial charge >= 0.3 is 0 Å². The summed E-state index contributed by atoms with van der Waals surface area (Å²) in [4.78, 5) is 11.8. The standard InChI is InChI=1S/C17H16ClNO/c1-2-13-5-10-16(11-6-13)19-17(20)12-7-14-3-8-15(18)9-4-14/h3-12H,2H2,1H3,(H,19,20). The summed E-state index contributed by atoms with van der Waals surface area (Å²) >= 11 is 5.80. The molecule has 0 heterocycles. The fourth-order valence-corrected chi connectivity index (χ4v) is 1.88. The van der Waals surface area contributed by atoms with Crippen LogP contribution in [0.4, 0.5) is 5.69 Å². The van der Waals surface area contributed by atoms with Crippen molar-refractivity contribution in [2.75, 3.05) is 5.32 Å². The summed E-state index contributed by atoms with van der Waals surface area (Å²) in [6.07, 6.45) is 4.26. The highest BCUT2D eigenvalue weighted by Gasteiger charge is 1.98. The molecule has 2 aromatic carbocycles. The molecule has 0 spiro atoms. The van der Waals surface area contributed by atoms with E-state index in [0.29, 0.717) is 5.02 Å². The molecule has 1 amide bonds. The number of carbonyl (C=O) groups is 1. The summed E-state index contributed by atoms with van der Waals surface area (Å²) in [7, 11) is 0. The molecule has 2 aromatic rings. The predicted molar refractivity (Wildman–Crippen MR) is 84.9 cm³/mol. The van der Waals surface area contributed by atoms with Crippen LogP contribution in [0.15, 0.2) is 54.6 Å². The summed E-state index contributed by atoms with van der Waals surface area (Å²) in [5.41, 5.74) is 2.98. The fraction of sp³-hybridized carbons (Fsp3) is 0.118. The Hall–Kier alpha value is -2.06. The first-order chi connectivity index (χ1) is 9.67. The van der Waals surface area contributed by atoms with Gasteiger partial charge in [0, 0.05) is 16.8 Å². The normalized spacial score (nSPS) is 10.7. The Bertz CT molecular complexity index is 600. The lowest BCUT2D eigenvalue weighted by atomic mass is 10.1. The van der Waals surface area contributed by atoms with Crippen LogP contribution in [0.5, 0.6) is 0 Å². The van der Waals surface area contributed by atoms with Gasteiger partial charge < -0.3 is 5.32 Å². The summed E-state index contributed by atoms with van der Waals surface area (Å²) in [5.74, 6) is -0.149. The van der Waals surface area contributed by atoms with E-state index < -0.39 is 0 Å². The van der Waals surface area contributed by atoms with Gasteiger partial charge in [-0.2, -0.15) is 0 Å². The zero-order chi connectivity index (χ0) is 14.4. The van der Waals surface area contributed by atoms with Gasteiger partial charge in [0.05, 0.1) is 0 Å². The van der Waals surface area contributed by atoms with Crippen molar-refractivity contribution in [2.45, 2.75) is 13.3 Å². The van der Waals surface area contributed by atoms with Gasteiger partial charge in [0.2, 0.25) is 5.91 Å². The topological polar surface area (TPSA) is 29.1 Å². The minimum Gasteiger partial charge on any atom is -0.323 e. The molecule has 0 bridgehead atoms. The molecule has 1 N–H and O–H groups in total. The number of nitrogens with one attached hydrogen (secondary N) is 1. The molecule has 0 aliphatic carbocycles. The lowest BCUT2D eigenvalue weighted by molar-refractivity contribution is -0.111. The number of hydrogen-bond donors (Lipinski definition) is 1. The van der Waals surface area contributed by atoms with Crippen LogP contribution in [-0.4, -0.2) is 5.91 Å². The minimum atomic E-state index is -0.149. The Labute approximate surface area is 124 Å². The quantitative estimate of drug-likeness (QED) is 0.820. The second kappa shape index (κ2) is 6.92. The first kappa shape index (κ1) is 14.4. The molecular weight excluding hydrogens is 270 g/mol. The van der Waals surface area contributed by atoms with Crippen LogP contribution in [0.2, 0.25) is 5.02 Å². The van der Waals surface area contributed by atoms with E-state index in [2.05, 4.69) is 12.2 Å². The summed E-state index contributed by atoms with van der Waals surface area (Å²) in [5, 5.41) is 3.51. The SMILES string of the molecule is CCc1ccc(NC(=O)C=Cc2ccc(Cl)cc2)cc1. The van der Waals surface area contributed by atoms with Crippen LogP contribution in [-0.2, 0) is 11.2 Å². The molecule has 2 rings (SSSR count). The maximum atomic E-state index is 11.8. The maximum Gasteiger partial charge on any atom is 0.248 e. The molecule has 0 aromatic heterocycles. The van der Waals surface area contributed by atoms with Gasteiger partial charge in [0.1, 0.15) is 0 Å². The Morgan fingerprint density at radius 2 is 1.75 bits per heavy atom. The van der Waals surface area contributed by atoms with Crippen LogP contribution >= 0.6 is 11.6 Å². The van der Waals surface area contributed by atoms with E-state index in [0.717, 1.165) is 17.7 Å². The molecule has 0 unspecified atom stereocenters. The highest BCUT2D eigenvalue weighted by atomic mass is 35.5. The van der Waals surface area contributed by atoms with Crippen molar-refractivity contribution in [1.29, 1.82) is 0 Å². The summed E-state index contributed by atoms with van der Waals surface area (Å²) in [6.45, 7) is 2.10. The van der Waals surface area contributed by atoms with Crippen LogP contribution < -0.4 is 5.32 Å².